The summed E-state index contributed by atoms with van der Waals surface area (Å²) in [5.41, 5.74) is 0. The molecule has 0 aromatic heterocycles. The van der Waals surface area contributed by atoms with Crippen LogP contribution in [0.4, 0.5) is 0 Å². The Morgan fingerprint density at radius 2 is 0.698 bits per heavy atom. The van der Waals surface area contributed by atoms with E-state index in [1.54, 1.807) is 0 Å². The fourth-order valence-corrected chi connectivity index (χ4v) is 7.08. The molecule has 0 spiro atoms. The maximum Gasteiger partial charge on any atom is 0.306 e. The predicted molar refractivity (Wildman–Crippen MR) is 270 cm³/mol. The molecule has 0 saturated heterocycles. The lowest BCUT2D eigenvalue weighted by Gasteiger charge is -2.18. The minimum Gasteiger partial charge on any atom is -0.462 e. The van der Waals surface area contributed by atoms with Gasteiger partial charge in [-0.05, 0) is 77.0 Å². The van der Waals surface area contributed by atoms with Gasteiger partial charge in [-0.3, -0.25) is 14.4 Å². The number of rotatable bonds is 46. The van der Waals surface area contributed by atoms with Crippen molar-refractivity contribution in [2.24, 2.45) is 0 Å². The van der Waals surface area contributed by atoms with E-state index in [-0.39, 0.29) is 31.1 Å². The molecule has 0 radical (unpaired) electrons. The fraction of sp³-hybridized carbons (Fsp3) is 0.702. The standard InChI is InChI=1S/C57H96O6/c1-4-7-10-13-16-19-22-24-26-27-28-29-31-32-35-38-41-44-47-50-56(59)62-53-54(52-61-55(58)49-46-43-40-37-34-21-18-15-12-9-6-3)63-57(60)51-48-45-42-39-36-33-30-25-23-20-17-14-11-8-5-2/h7-8,10-11,14,16-17,19-20,23-24,26,28-29,54H,4-6,9,12-13,15,18,21-22,25,27,30-53H2,1-3H3/b10-7-,11-8-,17-14-,19-16-,23-20-,26-24-,29-28-. The quantitative estimate of drug-likeness (QED) is 0.0199. The van der Waals surface area contributed by atoms with Crippen LogP contribution in [0.15, 0.2) is 85.1 Å². The number of carbonyl (C=O) groups excluding carboxylic acids is 3. The van der Waals surface area contributed by atoms with E-state index in [1.165, 1.54) is 96.3 Å². The van der Waals surface area contributed by atoms with Crippen LogP contribution in [-0.4, -0.2) is 37.2 Å². The van der Waals surface area contributed by atoms with Crippen LogP contribution >= 0.6 is 0 Å². The SMILES string of the molecule is CC\C=C/C=C\C=C/CCCCCCCCCC(=O)OC(COC(=O)CCCCCCCC/C=C\C/C=C\C/C=C\C/C=C\CC)COC(=O)CCCCCCCCCCCCC. The Labute approximate surface area is 388 Å². The lowest BCUT2D eigenvalue weighted by Crippen LogP contribution is -2.30. The van der Waals surface area contributed by atoms with Gasteiger partial charge in [-0.1, -0.05) is 228 Å². The molecule has 63 heavy (non-hydrogen) atoms. The van der Waals surface area contributed by atoms with Gasteiger partial charge in [-0.25, -0.2) is 0 Å². The number of ether oxygens (including phenoxy) is 3. The molecule has 1 atom stereocenters. The lowest BCUT2D eigenvalue weighted by atomic mass is 10.1. The molecule has 0 aromatic rings. The fourth-order valence-electron chi connectivity index (χ4n) is 7.08. The summed E-state index contributed by atoms with van der Waals surface area (Å²) in [5.74, 6) is -0.912. The zero-order valence-electron chi connectivity index (χ0n) is 41.1. The third-order valence-corrected chi connectivity index (χ3v) is 11.0. The van der Waals surface area contributed by atoms with Crippen LogP contribution in [0.5, 0.6) is 0 Å². The van der Waals surface area contributed by atoms with Gasteiger partial charge in [0.05, 0.1) is 0 Å². The molecule has 6 heteroatoms. The van der Waals surface area contributed by atoms with Gasteiger partial charge in [0.15, 0.2) is 6.10 Å². The van der Waals surface area contributed by atoms with E-state index in [4.69, 9.17) is 14.2 Å². The molecule has 0 saturated carbocycles. The highest BCUT2D eigenvalue weighted by Crippen LogP contribution is 2.15. The van der Waals surface area contributed by atoms with Crippen molar-refractivity contribution in [3.8, 4) is 0 Å². The van der Waals surface area contributed by atoms with Crippen LogP contribution in [0, 0.1) is 0 Å². The minimum atomic E-state index is -0.787. The Kier molecular flexibility index (Phi) is 48.5. The highest BCUT2D eigenvalue weighted by atomic mass is 16.6. The predicted octanol–water partition coefficient (Wildman–Crippen LogP) is 17.2. The summed E-state index contributed by atoms with van der Waals surface area (Å²) in [6.45, 7) is 6.37. The Morgan fingerprint density at radius 1 is 0.349 bits per heavy atom. The van der Waals surface area contributed by atoms with Crippen molar-refractivity contribution in [3.05, 3.63) is 85.1 Å². The molecule has 0 rings (SSSR count). The summed E-state index contributed by atoms with van der Waals surface area (Å²) < 4.78 is 16.8. The number of allylic oxidation sites excluding steroid dienone is 14. The van der Waals surface area contributed by atoms with Gasteiger partial charge >= 0.3 is 17.9 Å². The van der Waals surface area contributed by atoms with E-state index < -0.39 is 6.10 Å². The summed E-state index contributed by atoms with van der Waals surface area (Å²) in [6.07, 6.45) is 65.6. The minimum absolute atomic E-state index is 0.0851. The first kappa shape index (κ1) is 59.6. The van der Waals surface area contributed by atoms with E-state index in [0.29, 0.717) is 19.3 Å². The summed E-state index contributed by atoms with van der Waals surface area (Å²) >= 11 is 0. The Morgan fingerprint density at radius 3 is 1.14 bits per heavy atom. The van der Waals surface area contributed by atoms with E-state index in [2.05, 4.69) is 106 Å². The number of hydrogen-bond acceptors (Lipinski definition) is 6. The molecule has 6 nitrogen and oxygen atoms in total. The first-order chi connectivity index (χ1) is 31.0. The molecule has 0 aliphatic heterocycles. The molecule has 0 fully saturated rings. The molecule has 0 aliphatic carbocycles. The smallest absolute Gasteiger partial charge is 0.306 e. The summed E-state index contributed by atoms with van der Waals surface area (Å²) in [7, 11) is 0. The van der Waals surface area contributed by atoms with Crippen molar-refractivity contribution >= 4 is 17.9 Å². The second-order valence-electron chi connectivity index (χ2n) is 17.1. The third kappa shape index (κ3) is 49.5. The van der Waals surface area contributed by atoms with E-state index in [0.717, 1.165) is 103 Å². The van der Waals surface area contributed by atoms with Crippen molar-refractivity contribution < 1.29 is 28.6 Å². The van der Waals surface area contributed by atoms with Gasteiger partial charge in [0.1, 0.15) is 13.2 Å². The largest absolute Gasteiger partial charge is 0.462 e. The number of hydrogen-bond donors (Lipinski definition) is 0. The normalized spacial score (nSPS) is 12.7. The first-order valence-electron chi connectivity index (χ1n) is 26.1. The van der Waals surface area contributed by atoms with Gasteiger partial charge in [0.2, 0.25) is 0 Å². The van der Waals surface area contributed by atoms with Gasteiger partial charge in [-0.2, -0.15) is 0 Å². The van der Waals surface area contributed by atoms with E-state index in [1.807, 2.05) is 0 Å². The topological polar surface area (TPSA) is 78.9 Å². The summed E-state index contributed by atoms with van der Waals surface area (Å²) in [6, 6.07) is 0. The van der Waals surface area contributed by atoms with E-state index in [9.17, 15) is 14.4 Å². The monoisotopic (exact) mass is 877 g/mol. The second kappa shape index (κ2) is 51.2. The maximum atomic E-state index is 12.8. The van der Waals surface area contributed by atoms with Crippen molar-refractivity contribution in [3.63, 3.8) is 0 Å². The van der Waals surface area contributed by atoms with Crippen LogP contribution < -0.4 is 0 Å². The van der Waals surface area contributed by atoms with Crippen LogP contribution in [-0.2, 0) is 28.6 Å². The number of unbranched alkanes of at least 4 members (excludes halogenated alkanes) is 23. The van der Waals surface area contributed by atoms with Crippen molar-refractivity contribution in [2.75, 3.05) is 13.2 Å². The molecular formula is C57H96O6. The van der Waals surface area contributed by atoms with Crippen molar-refractivity contribution in [1.82, 2.24) is 0 Å². The van der Waals surface area contributed by atoms with Crippen LogP contribution in [0.2, 0.25) is 0 Å². The molecule has 0 amide bonds. The Bertz CT molecular complexity index is 1240. The number of carbonyl (C=O) groups is 3. The molecule has 1 unspecified atom stereocenters. The van der Waals surface area contributed by atoms with Crippen LogP contribution in [0.3, 0.4) is 0 Å². The van der Waals surface area contributed by atoms with Crippen molar-refractivity contribution in [2.45, 2.75) is 245 Å². The zero-order valence-corrected chi connectivity index (χ0v) is 41.1. The average Bonchev–Trinajstić information content (AvgIpc) is 3.28. The molecule has 0 bridgehead atoms. The Balaban J connectivity index is 4.39. The highest BCUT2D eigenvalue weighted by Gasteiger charge is 2.19. The van der Waals surface area contributed by atoms with Crippen molar-refractivity contribution in [1.29, 1.82) is 0 Å². The van der Waals surface area contributed by atoms with Crippen LogP contribution in [0.25, 0.3) is 0 Å². The molecule has 0 N–H and O–H groups in total. The molecular weight excluding hydrogens is 781 g/mol. The van der Waals surface area contributed by atoms with Crippen LogP contribution in [0.1, 0.15) is 239 Å². The van der Waals surface area contributed by atoms with Gasteiger partial charge < -0.3 is 14.2 Å². The maximum absolute atomic E-state index is 12.8. The zero-order chi connectivity index (χ0) is 45.8. The lowest BCUT2D eigenvalue weighted by molar-refractivity contribution is -0.167. The molecule has 0 heterocycles. The first-order valence-corrected chi connectivity index (χ1v) is 26.1. The van der Waals surface area contributed by atoms with Gasteiger partial charge in [-0.15, -0.1) is 0 Å². The number of esters is 3. The van der Waals surface area contributed by atoms with E-state index >= 15 is 0 Å². The third-order valence-electron chi connectivity index (χ3n) is 11.0. The average molecular weight is 877 g/mol. The molecule has 0 aromatic carbocycles. The summed E-state index contributed by atoms with van der Waals surface area (Å²) in [4.78, 5) is 38.0. The van der Waals surface area contributed by atoms with Gasteiger partial charge in [0.25, 0.3) is 0 Å². The van der Waals surface area contributed by atoms with Gasteiger partial charge in [0, 0.05) is 19.3 Å². The molecule has 360 valence electrons. The summed E-state index contributed by atoms with van der Waals surface area (Å²) in [5, 5.41) is 0. The Hall–Kier alpha value is -3.41. The second-order valence-corrected chi connectivity index (χ2v) is 17.1. The highest BCUT2D eigenvalue weighted by molar-refractivity contribution is 5.71. The molecule has 0 aliphatic rings.